The molecule has 0 atom stereocenters. The largest absolute Gasteiger partial charge is 0.478 e. The predicted molar refractivity (Wildman–Crippen MR) is 79.3 cm³/mol. The van der Waals surface area contributed by atoms with Crippen LogP contribution in [0, 0.1) is 5.82 Å². The van der Waals surface area contributed by atoms with E-state index >= 15 is 0 Å². The van der Waals surface area contributed by atoms with E-state index in [2.05, 4.69) is 21.2 Å². The number of carbonyl (C=O) groups is 2. The van der Waals surface area contributed by atoms with E-state index in [-0.39, 0.29) is 16.8 Å². The first kappa shape index (κ1) is 15.0. The summed E-state index contributed by atoms with van der Waals surface area (Å²) in [5.41, 5.74) is 5.65. The number of primary amides is 1. The molecular weight excluding hydrogens is 343 g/mol. The minimum absolute atomic E-state index is 0.0422. The van der Waals surface area contributed by atoms with Gasteiger partial charge in [-0.25, -0.2) is 9.18 Å². The molecular formula is C14H10BrFN2O3. The number of hydrogen-bond acceptors (Lipinski definition) is 3. The lowest BCUT2D eigenvalue weighted by Crippen LogP contribution is -2.13. The molecule has 4 N–H and O–H groups in total. The van der Waals surface area contributed by atoms with Crippen LogP contribution in [0.15, 0.2) is 40.9 Å². The number of carbonyl (C=O) groups excluding carboxylic acids is 1. The first-order valence-corrected chi connectivity index (χ1v) is 6.57. The van der Waals surface area contributed by atoms with Crippen LogP contribution >= 0.6 is 15.9 Å². The lowest BCUT2D eigenvalue weighted by atomic mass is 10.1. The molecule has 0 aliphatic rings. The minimum Gasteiger partial charge on any atom is -0.478 e. The van der Waals surface area contributed by atoms with Crippen molar-refractivity contribution in [3.63, 3.8) is 0 Å². The molecule has 0 aliphatic carbocycles. The lowest BCUT2D eigenvalue weighted by Gasteiger charge is -2.12. The van der Waals surface area contributed by atoms with Gasteiger partial charge in [-0.3, -0.25) is 4.79 Å². The fourth-order valence-corrected chi connectivity index (χ4v) is 2.09. The number of nitrogens with two attached hydrogens (primary N) is 1. The molecule has 0 aromatic heterocycles. The van der Waals surface area contributed by atoms with Gasteiger partial charge in [-0.1, -0.05) is 15.9 Å². The van der Waals surface area contributed by atoms with Crippen molar-refractivity contribution in [3.05, 3.63) is 57.8 Å². The van der Waals surface area contributed by atoms with Crippen molar-refractivity contribution in [2.45, 2.75) is 0 Å². The molecule has 7 heteroatoms. The van der Waals surface area contributed by atoms with Gasteiger partial charge >= 0.3 is 5.97 Å². The monoisotopic (exact) mass is 352 g/mol. The average molecular weight is 353 g/mol. The molecule has 0 saturated heterocycles. The van der Waals surface area contributed by atoms with Crippen LogP contribution in [0.25, 0.3) is 0 Å². The Morgan fingerprint density at radius 2 is 1.86 bits per heavy atom. The summed E-state index contributed by atoms with van der Waals surface area (Å²) in [4.78, 5) is 22.1. The molecule has 0 fully saturated rings. The van der Waals surface area contributed by atoms with E-state index in [1.54, 1.807) is 12.1 Å². The van der Waals surface area contributed by atoms with Crippen LogP contribution in [-0.4, -0.2) is 17.0 Å². The first-order valence-electron chi connectivity index (χ1n) is 5.77. The molecule has 0 aliphatic heterocycles. The maximum absolute atomic E-state index is 13.9. The summed E-state index contributed by atoms with van der Waals surface area (Å²) in [6.45, 7) is 0. The minimum atomic E-state index is -1.22. The zero-order valence-electron chi connectivity index (χ0n) is 10.6. The van der Waals surface area contributed by atoms with Crippen LogP contribution in [0.5, 0.6) is 0 Å². The summed E-state index contributed by atoms with van der Waals surface area (Å²) < 4.78 is 14.6. The number of rotatable bonds is 4. The number of carboxylic acids is 1. The number of benzene rings is 2. The van der Waals surface area contributed by atoms with Gasteiger partial charge in [0, 0.05) is 4.47 Å². The summed E-state index contributed by atoms with van der Waals surface area (Å²) >= 11 is 3.24. The van der Waals surface area contributed by atoms with Gasteiger partial charge < -0.3 is 16.2 Å². The molecule has 0 bridgehead atoms. The van der Waals surface area contributed by atoms with Crippen LogP contribution in [0.3, 0.4) is 0 Å². The van der Waals surface area contributed by atoms with Gasteiger partial charge in [-0.2, -0.15) is 0 Å². The first-order chi connectivity index (χ1) is 9.88. The Hall–Kier alpha value is -2.41. The number of aromatic carboxylic acids is 1. The molecule has 2 aromatic rings. The second-order valence-corrected chi connectivity index (χ2v) is 5.09. The Kier molecular flexibility index (Phi) is 4.23. The number of hydrogen-bond donors (Lipinski definition) is 3. The van der Waals surface area contributed by atoms with Crippen molar-refractivity contribution >= 4 is 39.2 Å². The summed E-state index contributed by atoms with van der Waals surface area (Å²) in [5.74, 6) is -2.63. The number of anilines is 2. The molecule has 5 nitrogen and oxygen atoms in total. The Labute approximate surface area is 127 Å². The Balaban J connectivity index is 2.40. The van der Waals surface area contributed by atoms with Gasteiger partial charge in [0.25, 0.3) is 5.91 Å². The predicted octanol–water partition coefficient (Wildman–Crippen LogP) is 3.13. The molecule has 0 saturated carbocycles. The normalized spacial score (nSPS) is 10.2. The van der Waals surface area contributed by atoms with E-state index in [9.17, 15) is 14.0 Å². The summed E-state index contributed by atoms with van der Waals surface area (Å²) in [7, 11) is 0. The third-order valence-corrected chi connectivity index (χ3v) is 3.23. The molecule has 108 valence electrons. The average Bonchev–Trinajstić information content (AvgIpc) is 2.40. The van der Waals surface area contributed by atoms with Crippen LogP contribution < -0.4 is 11.1 Å². The van der Waals surface area contributed by atoms with Gasteiger partial charge in [0.2, 0.25) is 0 Å². The Morgan fingerprint density at radius 3 is 2.43 bits per heavy atom. The molecule has 2 aromatic carbocycles. The highest BCUT2D eigenvalue weighted by molar-refractivity contribution is 9.10. The standard InChI is InChI=1S/C14H10BrFN2O3/c15-8-2-3-9(13(17)19)12(6-8)18-11-4-1-7(14(20)21)5-10(11)16/h1-6,18H,(H2,17,19)(H,20,21). The van der Waals surface area contributed by atoms with E-state index in [4.69, 9.17) is 10.8 Å². The number of carboxylic acid groups (broad SMARTS) is 1. The highest BCUT2D eigenvalue weighted by Gasteiger charge is 2.12. The molecule has 0 unspecified atom stereocenters. The number of amides is 1. The smallest absolute Gasteiger partial charge is 0.335 e. The van der Waals surface area contributed by atoms with Crippen molar-refractivity contribution in [3.8, 4) is 0 Å². The third-order valence-electron chi connectivity index (χ3n) is 2.73. The van der Waals surface area contributed by atoms with Gasteiger partial charge in [-0.15, -0.1) is 0 Å². The van der Waals surface area contributed by atoms with Crippen molar-refractivity contribution in [1.82, 2.24) is 0 Å². The quantitative estimate of drug-likeness (QED) is 0.787. The van der Waals surface area contributed by atoms with Crippen LogP contribution in [0.2, 0.25) is 0 Å². The summed E-state index contributed by atoms with van der Waals surface area (Å²) in [5, 5.41) is 11.5. The SMILES string of the molecule is NC(=O)c1ccc(Br)cc1Nc1ccc(C(=O)O)cc1F. The van der Waals surface area contributed by atoms with Gasteiger partial charge in [0.05, 0.1) is 22.5 Å². The topological polar surface area (TPSA) is 92.4 Å². The van der Waals surface area contributed by atoms with E-state index in [1.165, 1.54) is 18.2 Å². The fourth-order valence-electron chi connectivity index (χ4n) is 1.73. The van der Waals surface area contributed by atoms with Crippen molar-refractivity contribution in [1.29, 1.82) is 0 Å². The molecule has 0 heterocycles. The highest BCUT2D eigenvalue weighted by atomic mass is 79.9. The van der Waals surface area contributed by atoms with Crippen LogP contribution in [0.4, 0.5) is 15.8 Å². The van der Waals surface area contributed by atoms with E-state index in [0.717, 1.165) is 6.07 Å². The van der Waals surface area contributed by atoms with Crippen molar-refractivity contribution in [2.24, 2.45) is 5.73 Å². The second kappa shape index (κ2) is 5.92. The van der Waals surface area contributed by atoms with E-state index in [0.29, 0.717) is 10.2 Å². The van der Waals surface area contributed by atoms with E-state index < -0.39 is 17.7 Å². The third kappa shape index (κ3) is 3.38. The fraction of sp³-hybridized carbons (Fsp3) is 0. The van der Waals surface area contributed by atoms with Crippen LogP contribution in [-0.2, 0) is 0 Å². The molecule has 0 spiro atoms. The summed E-state index contributed by atoms with van der Waals surface area (Å²) in [6.07, 6.45) is 0. The maximum atomic E-state index is 13.9. The zero-order chi connectivity index (χ0) is 15.6. The van der Waals surface area contributed by atoms with Crippen LogP contribution in [0.1, 0.15) is 20.7 Å². The van der Waals surface area contributed by atoms with Gasteiger partial charge in [0.15, 0.2) is 0 Å². The van der Waals surface area contributed by atoms with Gasteiger partial charge in [0.1, 0.15) is 5.82 Å². The van der Waals surface area contributed by atoms with Crippen molar-refractivity contribution < 1.29 is 19.1 Å². The number of halogens is 2. The van der Waals surface area contributed by atoms with E-state index in [1.807, 2.05) is 0 Å². The maximum Gasteiger partial charge on any atom is 0.335 e. The second-order valence-electron chi connectivity index (χ2n) is 4.18. The molecule has 1 amide bonds. The highest BCUT2D eigenvalue weighted by Crippen LogP contribution is 2.26. The Bertz CT molecular complexity index is 734. The molecule has 21 heavy (non-hydrogen) atoms. The zero-order valence-corrected chi connectivity index (χ0v) is 12.1. The summed E-state index contributed by atoms with van der Waals surface area (Å²) in [6, 6.07) is 8.14. The number of nitrogens with one attached hydrogen (secondary N) is 1. The van der Waals surface area contributed by atoms with Crippen molar-refractivity contribution in [2.75, 3.05) is 5.32 Å². The lowest BCUT2D eigenvalue weighted by molar-refractivity contribution is 0.0696. The molecule has 2 rings (SSSR count). The van der Waals surface area contributed by atoms with Gasteiger partial charge in [-0.05, 0) is 36.4 Å². The molecule has 0 radical (unpaired) electrons. The Morgan fingerprint density at radius 1 is 1.14 bits per heavy atom.